The summed E-state index contributed by atoms with van der Waals surface area (Å²) in [5.41, 5.74) is 5.94. The third kappa shape index (κ3) is 9.60. The predicted octanol–water partition coefficient (Wildman–Crippen LogP) is 8.52. The summed E-state index contributed by atoms with van der Waals surface area (Å²) in [5.74, 6) is 0.699. The molecule has 0 fully saturated rings. The molecule has 2 aliphatic heterocycles. The van der Waals surface area contributed by atoms with Crippen molar-refractivity contribution in [3.05, 3.63) is 117 Å². The van der Waals surface area contributed by atoms with Crippen molar-refractivity contribution in [2.75, 3.05) is 0 Å². The summed E-state index contributed by atoms with van der Waals surface area (Å²) in [4.78, 5) is 23.5. The summed E-state index contributed by atoms with van der Waals surface area (Å²) in [6.45, 7) is 4.38. The van der Waals surface area contributed by atoms with Crippen LogP contribution in [0.1, 0.15) is 132 Å². The normalized spacial score (nSPS) is 12.0. The molecule has 0 bridgehead atoms. The van der Waals surface area contributed by atoms with Crippen molar-refractivity contribution >= 4 is 11.9 Å². The van der Waals surface area contributed by atoms with Crippen molar-refractivity contribution in [1.29, 1.82) is 0 Å². The Morgan fingerprint density at radius 2 is 0.918 bits per heavy atom. The van der Waals surface area contributed by atoms with E-state index in [9.17, 15) is 19.8 Å². The van der Waals surface area contributed by atoms with E-state index >= 15 is 0 Å². The first-order valence-corrected chi connectivity index (χ1v) is 17.6. The molecular formula is C42H46O6Zn. The summed E-state index contributed by atoms with van der Waals surface area (Å²) in [5, 5.41) is 23.5. The smallest absolute Gasteiger partial charge is 0.545 e. The molecule has 4 aromatic carbocycles. The summed E-state index contributed by atoms with van der Waals surface area (Å²) in [6, 6.07) is 23.1. The van der Waals surface area contributed by atoms with Gasteiger partial charge in [-0.3, -0.25) is 0 Å². The predicted molar refractivity (Wildman–Crippen MR) is 185 cm³/mol. The molecular weight excluding hydrogens is 666 g/mol. The van der Waals surface area contributed by atoms with Crippen molar-refractivity contribution in [1.82, 2.24) is 0 Å². The number of carboxylic acid groups (broad SMARTS) is 2. The van der Waals surface area contributed by atoms with Crippen LogP contribution in [0.4, 0.5) is 0 Å². The number of carbonyl (C=O) groups is 2. The number of hydrogen-bond acceptors (Lipinski definition) is 6. The van der Waals surface area contributed by atoms with Gasteiger partial charge in [0.2, 0.25) is 0 Å². The van der Waals surface area contributed by atoms with Crippen LogP contribution < -0.4 is 19.7 Å². The van der Waals surface area contributed by atoms with Crippen LogP contribution in [0.15, 0.2) is 72.8 Å². The first kappa shape index (κ1) is 37.9. The number of para-hydroxylation sites is 2. The zero-order valence-electron chi connectivity index (χ0n) is 29.0. The van der Waals surface area contributed by atoms with Gasteiger partial charge < -0.3 is 29.3 Å². The Morgan fingerprint density at radius 1 is 0.531 bits per heavy atom. The molecule has 7 heteroatoms. The molecule has 4 aromatic rings. The summed E-state index contributed by atoms with van der Waals surface area (Å²) in [7, 11) is 0. The minimum absolute atomic E-state index is 0. The number of fused-ring (bicyclic) bond motifs is 4. The number of aryl methyl sites for hydroxylation is 2. The number of aromatic carboxylic acids is 2. The minimum Gasteiger partial charge on any atom is -0.545 e. The number of carboxylic acids is 2. The molecule has 0 atom stereocenters. The largest absolute Gasteiger partial charge is 2.00 e. The summed E-state index contributed by atoms with van der Waals surface area (Å²) < 4.78 is 11.8. The van der Waals surface area contributed by atoms with E-state index in [4.69, 9.17) is 9.47 Å². The van der Waals surface area contributed by atoms with Gasteiger partial charge in [0.05, 0.1) is 11.9 Å². The summed E-state index contributed by atoms with van der Waals surface area (Å²) >= 11 is 0. The molecule has 0 unspecified atom stereocenters. The van der Waals surface area contributed by atoms with Crippen LogP contribution in [-0.2, 0) is 45.2 Å². The van der Waals surface area contributed by atoms with E-state index in [0.29, 0.717) is 35.5 Å². The maximum absolute atomic E-state index is 11.8. The van der Waals surface area contributed by atoms with Gasteiger partial charge in [-0.1, -0.05) is 114 Å². The Labute approximate surface area is 303 Å². The maximum atomic E-state index is 11.8. The molecule has 0 spiro atoms. The SMILES string of the molecule is CCCCCCCc1ccc2c(c1C(=O)[O-])Cc1ccccc1O2.CCCCCCCc1ccc2c(c1C(=O)[O-])Cc1ccccc1O2.[Zn+2]. The average molecular weight is 712 g/mol. The first-order chi connectivity index (χ1) is 23.4. The third-order valence-corrected chi connectivity index (χ3v) is 9.34. The van der Waals surface area contributed by atoms with Gasteiger partial charge in [-0.2, -0.15) is 0 Å². The van der Waals surface area contributed by atoms with E-state index in [1.165, 1.54) is 38.5 Å². The van der Waals surface area contributed by atoms with E-state index in [1.807, 2.05) is 72.8 Å². The van der Waals surface area contributed by atoms with Crippen molar-refractivity contribution in [2.45, 2.75) is 104 Å². The van der Waals surface area contributed by atoms with Crippen LogP contribution in [0.3, 0.4) is 0 Å². The zero-order valence-corrected chi connectivity index (χ0v) is 32.0. The van der Waals surface area contributed by atoms with E-state index in [2.05, 4.69) is 13.8 Å². The second kappa shape index (κ2) is 18.7. The van der Waals surface area contributed by atoms with Gasteiger partial charge in [0.25, 0.3) is 0 Å². The molecule has 2 heterocycles. The second-order valence-electron chi connectivity index (χ2n) is 12.8. The van der Waals surface area contributed by atoms with Crippen LogP contribution in [0, 0.1) is 0 Å². The van der Waals surface area contributed by atoms with Gasteiger partial charge in [-0.25, -0.2) is 0 Å². The molecule has 6 nitrogen and oxygen atoms in total. The Morgan fingerprint density at radius 3 is 1.31 bits per heavy atom. The van der Waals surface area contributed by atoms with Crippen molar-refractivity contribution in [2.24, 2.45) is 0 Å². The fourth-order valence-electron chi connectivity index (χ4n) is 6.78. The topological polar surface area (TPSA) is 98.7 Å². The minimum atomic E-state index is -1.10. The quantitative estimate of drug-likeness (QED) is 0.0830. The molecule has 2 aliphatic rings. The van der Waals surface area contributed by atoms with Gasteiger partial charge in [0, 0.05) is 35.1 Å². The molecule has 0 aliphatic carbocycles. The second-order valence-corrected chi connectivity index (χ2v) is 12.8. The third-order valence-electron chi connectivity index (χ3n) is 9.34. The van der Waals surface area contributed by atoms with E-state index in [-0.39, 0.29) is 19.5 Å². The maximum Gasteiger partial charge on any atom is 2.00 e. The standard InChI is InChI=1S/2C21H24O3.Zn/c2*1-2-3-4-5-6-9-15-12-13-19-17(20(15)21(22)23)14-16-10-7-8-11-18(16)24-19;/h2*7-8,10-13H,2-6,9,14H2,1H3,(H,22,23);/q;;+2/p-2. The molecule has 0 saturated heterocycles. The van der Waals surface area contributed by atoms with Crippen LogP contribution in [0.25, 0.3) is 0 Å². The molecule has 49 heavy (non-hydrogen) atoms. The number of benzene rings is 4. The van der Waals surface area contributed by atoms with Crippen LogP contribution in [0.5, 0.6) is 23.0 Å². The monoisotopic (exact) mass is 710 g/mol. The first-order valence-electron chi connectivity index (χ1n) is 17.6. The molecule has 6 rings (SSSR count). The van der Waals surface area contributed by atoms with Crippen molar-refractivity contribution in [3.8, 4) is 23.0 Å². The van der Waals surface area contributed by atoms with Gasteiger partial charge >= 0.3 is 19.5 Å². The Bertz CT molecular complexity index is 1600. The van der Waals surface area contributed by atoms with E-state index < -0.39 is 11.9 Å². The Balaban J connectivity index is 0.000000216. The number of rotatable bonds is 14. The number of hydrogen-bond donors (Lipinski definition) is 0. The molecule has 0 N–H and O–H groups in total. The average Bonchev–Trinajstić information content (AvgIpc) is 3.09. The molecule has 0 amide bonds. The van der Waals surface area contributed by atoms with Crippen LogP contribution in [0.2, 0.25) is 0 Å². The van der Waals surface area contributed by atoms with Crippen molar-refractivity contribution < 1.29 is 48.8 Å². The van der Waals surface area contributed by atoms with E-state index in [1.54, 1.807) is 0 Å². The Hall–Kier alpha value is -3.96. The van der Waals surface area contributed by atoms with Crippen molar-refractivity contribution in [3.63, 3.8) is 0 Å². The molecule has 0 radical (unpaired) electrons. The fourth-order valence-corrected chi connectivity index (χ4v) is 6.78. The van der Waals surface area contributed by atoms with Crippen LogP contribution >= 0.6 is 0 Å². The van der Waals surface area contributed by atoms with Crippen LogP contribution in [-0.4, -0.2) is 11.9 Å². The van der Waals surface area contributed by atoms with Gasteiger partial charge in [0.15, 0.2) is 0 Å². The molecule has 252 valence electrons. The van der Waals surface area contributed by atoms with E-state index in [0.717, 1.165) is 83.4 Å². The number of carbonyl (C=O) groups excluding carboxylic acids is 2. The zero-order chi connectivity index (χ0) is 33.9. The fraction of sp³-hybridized carbons (Fsp3) is 0.381. The van der Waals surface area contributed by atoms with Gasteiger partial charge in [-0.15, -0.1) is 0 Å². The number of ether oxygens (including phenoxy) is 2. The van der Waals surface area contributed by atoms with Gasteiger partial charge in [0.1, 0.15) is 23.0 Å². The summed E-state index contributed by atoms with van der Waals surface area (Å²) in [6.07, 6.45) is 14.3. The molecule has 0 aromatic heterocycles. The number of unbranched alkanes of at least 4 members (excludes halogenated alkanes) is 8. The van der Waals surface area contributed by atoms with Gasteiger partial charge in [-0.05, 0) is 72.2 Å². The molecule has 0 saturated carbocycles. The Kier molecular flexibility index (Phi) is 14.5.